The van der Waals surface area contributed by atoms with Crippen molar-refractivity contribution in [2.24, 2.45) is 5.92 Å². The molecule has 1 aromatic rings. The number of thiophene rings is 1. The second-order valence-electron chi connectivity index (χ2n) is 5.65. The number of nitrogens with one attached hydrogen (secondary N) is 1. The van der Waals surface area contributed by atoms with Crippen molar-refractivity contribution >= 4 is 11.3 Å². The first-order valence-corrected chi connectivity index (χ1v) is 7.87. The second kappa shape index (κ2) is 6.81. The topological polar surface area (TPSA) is 38.7 Å². The van der Waals surface area contributed by atoms with Crippen molar-refractivity contribution in [2.45, 2.75) is 26.0 Å². The Kier molecular flexibility index (Phi) is 5.36. The van der Waals surface area contributed by atoms with Gasteiger partial charge < -0.3 is 10.0 Å². The first kappa shape index (κ1) is 14.9. The molecule has 1 aromatic heterocycles. The summed E-state index contributed by atoms with van der Waals surface area (Å²) in [5.74, 6) is 0.386. The molecule has 1 saturated heterocycles. The Morgan fingerprint density at radius 3 is 2.47 bits per heavy atom. The number of aliphatic hydroxyl groups is 1. The fourth-order valence-corrected chi connectivity index (χ4v) is 3.12. The molecule has 1 fully saturated rings. The number of rotatable bonds is 5. The van der Waals surface area contributed by atoms with Gasteiger partial charge in [-0.3, -0.25) is 0 Å². The molecule has 2 unspecified atom stereocenters. The normalized spacial score (nSPS) is 21.7. The molecule has 2 N–H and O–H groups in total. The lowest BCUT2D eigenvalue weighted by atomic mass is 9.98. The molecule has 0 bridgehead atoms. The number of aliphatic hydroxyl groups excluding tert-OH is 1. The van der Waals surface area contributed by atoms with Gasteiger partial charge in [-0.05, 0) is 24.4 Å². The van der Waals surface area contributed by atoms with Crippen LogP contribution in [-0.2, 0) is 0 Å². The summed E-state index contributed by atoms with van der Waals surface area (Å²) in [6, 6.07) is 4.08. The molecule has 19 heavy (non-hydrogen) atoms. The highest BCUT2D eigenvalue weighted by molar-refractivity contribution is 7.10. The Morgan fingerprint density at radius 2 is 1.95 bits per heavy atom. The fraction of sp³-hybridized carbons (Fsp3) is 0.714. The second-order valence-corrected chi connectivity index (χ2v) is 6.63. The summed E-state index contributed by atoms with van der Waals surface area (Å²) in [7, 11) is 2.15. The van der Waals surface area contributed by atoms with Crippen molar-refractivity contribution in [1.82, 2.24) is 15.3 Å². The molecular weight excluding hydrogens is 258 g/mol. The monoisotopic (exact) mass is 283 g/mol. The Labute approximate surface area is 120 Å². The minimum absolute atomic E-state index is 0.0713. The van der Waals surface area contributed by atoms with Crippen molar-refractivity contribution in [3.63, 3.8) is 0 Å². The van der Waals surface area contributed by atoms with Crippen LogP contribution in [0, 0.1) is 5.92 Å². The van der Waals surface area contributed by atoms with E-state index >= 15 is 0 Å². The standard InChI is InChI=1S/C14H25N3OS/c1-11(2)13(14(18)12-5-4-10-19-12)15-17-8-6-16(3)7-9-17/h4-5,10-11,13-15,18H,6-9H2,1-3H3. The van der Waals surface area contributed by atoms with Crippen molar-refractivity contribution in [1.29, 1.82) is 0 Å². The molecule has 0 radical (unpaired) electrons. The Bertz CT molecular complexity index is 361. The number of nitrogens with zero attached hydrogens (tertiary/aromatic N) is 2. The number of piperazine rings is 1. The molecule has 0 aromatic carbocycles. The number of hydrazine groups is 1. The van der Waals surface area contributed by atoms with Gasteiger partial charge >= 0.3 is 0 Å². The van der Waals surface area contributed by atoms with Crippen molar-refractivity contribution < 1.29 is 5.11 Å². The average Bonchev–Trinajstić information content (AvgIpc) is 2.91. The lowest BCUT2D eigenvalue weighted by molar-refractivity contribution is 0.0229. The lowest BCUT2D eigenvalue weighted by Crippen LogP contribution is -2.56. The largest absolute Gasteiger partial charge is 0.386 e. The SMILES string of the molecule is CC(C)C(NN1CCN(C)CC1)C(O)c1cccs1. The third kappa shape index (κ3) is 4.00. The van der Waals surface area contributed by atoms with Crippen LogP contribution in [0.1, 0.15) is 24.8 Å². The van der Waals surface area contributed by atoms with Gasteiger partial charge in [0, 0.05) is 31.1 Å². The van der Waals surface area contributed by atoms with E-state index < -0.39 is 6.10 Å². The molecule has 2 heterocycles. The zero-order valence-corrected chi connectivity index (χ0v) is 12.9. The fourth-order valence-electron chi connectivity index (χ4n) is 2.37. The van der Waals surface area contributed by atoms with E-state index in [1.165, 1.54) is 0 Å². The molecular formula is C14H25N3OS. The van der Waals surface area contributed by atoms with Crippen molar-refractivity contribution in [2.75, 3.05) is 33.2 Å². The van der Waals surface area contributed by atoms with Crippen molar-refractivity contribution in [3.8, 4) is 0 Å². The summed E-state index contributed by atoms with van der Waals surface area (Å²) in [4.78, 5) is 3.37. The van der Waals surface area contributed by atoms with E-state index in [9.17, 15) is 5.11 Å². The van der Waals surface area contributed by atoms with Crippen LogP contribution in [0.5, 0.6) is 0 Å². The molecule has 108 valence electrons. The summed E-state index contributed by atoms with van der Waals surface area (Å²) >= 11 is 1.62. The van der Waals surface area contributed by atoms with Gasteiger partial charge in [-0.15, -0.1) is 11.3 Å². The highest BCUT2D eigenvalue weighted by Gasteiger charge is 2.27. The molecule has 5 heteroatoms. The highest BCUT2D eigenvalue weighted by Crippen LogP contribution is 2.26. The summed E-state index contributed by atoms with van der Waals surface area (Å²) in [5, 5.41) is 14.8. The van der Waals surface area contributed by atoms with Gasteiger partial charge in [0.15, 0.2) is 0 Å². The summed E-state index contributed by atoms with van der Waals surface area (Å²) in [6.45, 7) is 8.49. The van der Waals surface area contributed by atoms with Gasteiger partial charge in [-0.25, -0.2) is 10.4 Å². The van der Waals surface area contributed by atoms with Gasteiger partial charge in [0.2, 0.25) is 0 Å². The first-order chi connectivity index (χ1) is 9.08. The van der Waals surface area contributed by atoms with Crippen LogP contribution in [0.3, 0.4) is 0 Å². The predicted molar refractivity (Wildman–Crippen MR) is 80.1 cm³/mol. The maximum Gasteiger partial charge on any atom is 0.105 e. The minimum Gasteiger partial charge on any atom is -0.386 e. The Hall–Kier alpha value is -0.460. The first-order valence-electron chi connectivity index (χ1n) is 6.99. The highest BCUT2D eigenvalue weighted by atomic mass is 32.1. The Balaban J connectivity index is 1.96. The molecule has 0 spiro atoms. The van der Waals surface area contributed by atoms with Crippen LogP contribution in [0.15, 0.2) is 17.5 Å². The lowest BCUT2D eigenvalue weighted by Gasteiger charge is -2.38. The van der Waals surface area contributed by atoms with Crippen LogP contribution in [0.4, 0.5) is 0 Å². The summed E-state index contributed by atoms with van der Waals surface area (Å²) in [5.41, 5.74) is 3.53. The molecule has 4 nitrogen and oxygen atoms in total. The molecule has 2 rings (SSSR count). The molecule has 2 atom stereocenters. The summed E-state index contributed by atoms with van der Waals surface area (Å²) in [6.07, 6.45) is -0.431. The molecule has 0 aliphatic carbocycles. The Morgan fingerprint density at radius 1 is 1.26 bits per heavy atom. The van der Waals surface area contributed by atoms with Gasteiger partial charge in [-0.2, -0.15) is 0 Å². The summed E-state index contributed by atoms with van der Waals surface area (Å²) < 4.78 is 0. The van der Waals surface area contributed by atoms with Gasteiger partial charge in [-0.1, -0.05) is 19.9 Å². The maximum absolute atomic E-state index is 10.5. The average molecular weight is 283 g/mol. The van der Waals surface area contributed by atoms with Gasteiger partial charge in [0.25, 0.3) is 0 Å². The van der Waals surface area contributed by atoms with Crippen LogP contribution in [-0.4, -0.2) is 54.3 Å². The third-order valence-corrected chi connectivity index (χ3v) is 4.67. The van der Waals surface area contributed by atoms with Crippen LogP contribution in [0.25, 0.3) is 0 Å². The predicted octanol–water partition coefficient (Wildman–Crippen LogP) is 1.56. The van der Waals surface area contributed by atoms with E-state index in [0.29, 0.717) is 5.92 Å². The van der Waals surface area contributed by atoms with E-state index in [1.54, 1.807) is 11.3 Å². The van der Waals surface area contributed by atoms with Crippen LogP contribution < -0.4 is 5.43 Å². The maximum atomic E-state index is 10.5. The van der Waals surface area contributed by atoms with Gasteiger partial charge in [0.1, 0.15) is 6.10 Å². The van der Waals surface area contributed by atoms with E-state index in [4.69, 9.17) is 0 Å². The van der Waals surface area contributed by atoms with E-state index in [-0.39, 0.29) is 6.04 Å². The van der Waals surface area contributed by atoms with Crippen LogP contribution in [0.2, 0.25) is 0 Å². The van der Waals surface area contributed by atoms with Crippen LogP contribution >= 0.6 is 11.3 Å². The van der Waals surface area contributed by atoms with E-state index in [0.717, 1.165) is 31.1 Å². The zero-order chi connectivity index (χ0) is 13.8. The smallest absolute Gasteiger partial charge is 0.105 e. The molecule has 0 saturated carbocycles. The number of hydrogen-bond donors (Lipinski definition) is 2. The van der Waals surface area contributed by atoms with E-state index in [1.807, 2.05) is 17.5 Å². The minimum atomic E-state index is -0.431. The molecule has 1 aliphatic heterocycles. The quantitative estimate of drug-likeness (QED) is 0.860. The zero-order valence-electron chi connectivity index (χ0n) is 12.0. The molecule has 0 amide bonds. The number of likely N-dealkylation sites (N-methyl/N-ethyl adjacent to an activating group) is 1. The van der Waals surface area contributed by atoms with Crippen molar-refractivity contribution in [3.05, 3.63) is 22.4 Å². The third-order valence-electron chi connectivity index (χ3n) is 3.73. The van der Waals surface area contributed by atoms with Gasteiger partial charge in [0.05, 0.1) is 6.04 Å². The van der Waals surface area contributed by atoms with E-state index in [2.05, 4.69) is 36.2 Å². The number of hydrogen-bond acceptors (Lipinski definition) is 5. The molecule has 1 aliphatic rings.